The predicted octanol–water partition coefficient (Wildman–Crippen LogP) is 2.07. The number of epoxide rings is 1. The Labute approximate surface area is 224 Å². The average Bonchev–Trinajstić information content (AvgIpc) is 3.48. The lowest BCUT2D eigenvalue weighted by Gasteiger charge is -2.29. The topological polar surface area (TPSA) is 152 Å². The van der Waals surface area contributed by atoms with E-state index < -0.39 is 41.4 Å². The van der Waals surface area contributed by atoms with Gasteiger partial charge in [0.2, 0.25) is 11.8 Å². The molecule has 4 atom stereocenters. The molecular formula is C27H42N4O7. The molecule has 1 saturated heterocycles. The second-order valence-corrected chi connectivity index (χ2v) is 11.2. The fourth-order valence-electron chi connectivity index (χ4n) is 4.91. The van der Waals surface area contributed by atoms with E-state index in [0.717, 1.165) is 32.1 Å². The number of rotatable bonds is 14. The molecule has 1 aliphatic carbocycles. The summed E-state index contributed by atoms with van der Waals surface area (Å²) in [6.07, 6.45) is 6.18. The van der Waals surface area contributed by atoms with Crippen molar-refractivity contribution in [1.82, 2.24) is 21.1 Å². The van der Waals surface area contributed by atoms with Gasteiger partial charge in [0.15, 0.2) is 11.5 Å². The van der Waals surface area contributed by atoms with E-state index in [1.54, 1.807) is 13.8 Å². The van der Waals surface area contributed by atoms with Crippen LogP contribution in [0.25, 0.3) is 0 Å². The summed E-state index contributed by atoms with van der Waals surface area (Å²) >= 11 is 0. The number of hydrogen-bond donors (Lipinski definition) is 3. The van der Waals surface area contributed by atoms with Crippen molar-refractivity contribution in [3.8, 4) is 0 Å². The van der Waals surface area contributed by atoms with E-state index in [4.69, 9.17) is 14.0 Å². The predicted molar refractivity (Wildman–Crippen MR) is 138 cm³/mol. The summed E-state index contributed by atoms with van der Waals surface area (Å²) in [5.41, 5.74) is -0.832. The Kier molecular flexibility index (Phi) is 10.4. The normalized spacial score (nSPS) is 21.8. The molecule has 0 aromatic carbocycles. The van der Waals surface area contributed by atoms with Crippen LogP contribution >= 0.6 is 0 Å². The molecular weight excluding hydrogens is 492 g/mol. The maximum absolute atomic E-state index is 13.6. The number of aryl methyl sites for hydroxylation is 1. The summed E-state index contributed by atoms with van der Waals surface area (Å²) in [5.74, 6) is -0.816. The average molecular weight is 535 g/mol. The van der Waals surface area contributed by atoms with E-state index in [0.29, 0.717) is 25.2 Å². The van der Waals surface area contributed by atoms with Gasteiger partial charge in [-0.25, -0.2) is 0 Å². The van der Waals surface area contributed by atoms with Crippen molar-refractivity contribution in [3.05, 3.63) is 17.5 Å². The van der Waals surface area contributed by atoms with Crippen LogP contribution in [0.5, 0.6) is 0 Å². The number of carbonyl (C=O) groups is 4. The highest BCUT2D eigenvalue weighted by Crippen LogP contribution is 2.30. The second-order valence-electron chi connectivity index (χ2n) is 11.2. The van der Waals surface area contributed by atoms with Crippen molar-refractivity contribution >= 4 is 23.5 Å². The molecule has 38 heavy (non-hydrogen) atoms. The molecule has 1 saturated carbocycles. The Balaban J connectivity index is 1.74. The lowest BCUT2D eigenvalue weighted by molar-refractivity contribution is -0.134. The summed E-state index contributed by atoms with van der Waals surface area (Å²) in [6, 6.07) is -1.18. The SMILES string of the molecule is COCC(NC(=O)c1cc(C)on1)C(=O)NC(CC1CCCCC1)C(=O)NC(CC(C)C)C(=O)C1(C)CO1. The zero-order chi connectivity index (χ0) is 27.9. The zero-order valence-corrected chi connectivity index (χ0v) is 23.1. The molecule has 0 spiro atoms. The van der Waals surface area contributed by atoms with E-state index in [-0.39, 0.29) is 29.9 Å². The van der Waals surface area contributed by atoms with E-state index in [2.05, 4.69) is 21.1 Å². The Bertz CT molecular complexity index is 982. The number of nitrogens with zero attached hydrogens (tertiary/aromatic N) is 1. The number of nitrogens with one attached hydrogen (secondary N) is 3. The number of ketones is 1. The van der Waals surface area contributed by atoms with E-state index in [9.17, 15) is 19.2 Å². The van der Waals surface area contributed by atoms with Crippen LogP contribution in [0.3, 0.4) is 0 Å². The molecule has 1 aromatic rings. The third-order valence-electron chi connectivity index (χ3n) is 7.18. The van der Waals surface area contributed by atoms with Gasteiger partial charge in [0.1, 0.15) is 23.4 Å². The number of hydrogen-bond acceptors (Lipinski definition) is 8. The highest BCUT2D eigenvalue weighted by molar-refractivity contribution is 5.99. The van der Waals surface area contributed by atoms with Crippen LogP contribution < -0.4 is 16.0 Å². The molecule has 11 heteroatoms. The minimum absolute atomic E-state index is 0.0405. The molecule has 4 unspecified atom stereocenters. The monoisotopic (exact) mass is 534 g/mol. The van der Waals surface area contributed by atoms with Crippen LogP contribution in [-0.4, -0.2) is 72.7 Å². The summed E-state index contributed by atoms with van der Waals surface area (Å²) in [6.45, 7) is 7.59. The number of methoxy groups -OCH3 is 1. The minimum atomic E-state index is -1.06. The van der Waals surface area contributed by atoms with Crippen molar-refractivity contribution in [3.63, 3.8) is 0 Å². The molecule has 1 aromatic heterocycles. The molecule has 2 fully saturated rings. The number of Topliss-reactive ketones (excluding diaryl/α,β-unsaturated/α-hetero) is 1. The van der Waals surface area contributed by atoms with Gasteiger partial charge in [0.05, 0.1) is 19.3 Å². The van der Waals surface area contributed by atoms with Gasteiger partial charge < -0.3 is 29.9 Å². The van der Waals surface area contributed by atoms with Gasteiger partial charge in [-0.3, -0.25) is 19.2 Å². The second kappa shape index (κ2) is 13.3. The fraction of sp³-hybridized carbons (Fsp3) is 0.741. The molecule has 11 nitrogen and oxygen atoms in total. The van der Waals surface area contributed by atoms with Gasteiger partial charge >= 0.3 is 0 Å². The van der Waals surface area contributed by atoms with Crippen molar-refractivity contribution < 1.29 is 33.2 Å². The Morgan fingerprint density at radius 1 is 1.05 bits per heavy atom. The van der Waals surface area contributed by atoms with Crippen LogP contribution in [-0.2, 0) is 23.9 Å². The molecule has 0 bridgehead atoms. The minimum Gasteiger partial charge on any atom is -0.382 e. The van der Waals surface area contributed by atoms with Crippen LogP contribution in [0.2, 0.25) is 0 Å². The van der Waals surface area contributed by atoms with Crippen LogP contribution in [0.1, 0.15) is 82.0 Å². The first kappa shape index (κ1) is 29.8. The van der Waals surface area contributed by atoms with Gasteiger partial charge in [0.25, 0.3) is 5.91 Å². The van der Waals surface area contributed by atoms with E-state index in [1.165, 1.54) is 13.2 Å². The van der Waals surface area contributed by atoms with Crippen molar-refractivity contribution in [2.45, 2.75) is 96.4 Å². The van der Waals surface area contributed by atoms with Gasteiger partial charge in [-0.1, -0.05) is 51.1 Å². The number of aromatic nitrogens is 1. The Morgan fingerprint density at radius 2 is 1.68 bits per heavy atom. The largest absolute Gasteiger partial charge is 0.382 e. The number of ether oxygens (including phenoxy) is 2. The van der Waals surface area contributed by atoms with Crippen molar-refractivity contribution in [2.24, 2.45) is 11.8 Å². The van der Waals surface area contributed by atoms with E-state index in [1.807, 2.05) is 13.8 Å². The lowest BCUT2D eigenvalue weighted by atomic mass is 9.84. The summed E-state index contributed by atoms with van der Waals surface area (Å²) in [4.78, 5) is 52.6. The van der Waals surface area contributed by atoms with Gasteiger partial charge in [-0.15, -0.1) is 0 Å². The molecule has 3 N–H and O–H groups in total. The maximum Gasteiger partial charge on any atom is 0.274 e. The highest BCUT2D eigenvalue weighted by Gasteiger charge is 2.50. The lowest BCUT2D eigenvalue weighted by Crippen LogP contribution is -2.58. The Hall–Kier alpha value is -2.79. The standard InChI is InChI=1S/C27H42N4O7/c1-16(2)11-19(23(32)27(4)15-37-27)28-24(33)20(13-18-9-7-6-8-10-18)29-26(35)22(14-36-5)30-25(34)21-12-17(3)38-31-21/h12,16,18-20,22H,6-11,13-15H2,1-5H3,(H,28,33)(H,29,35)(H,30,34). The molecule has 0 radical (unpaired) electrons. The van der Waals surface area contributed by atoms with Crippen LogP contribution in [0.15, 0.2) is 10.6 Å². The Morgan fingerprint density at radius 3 is 2.24 bits per heavy atom. The molecule has 212 valence electrons. The quantitative estimate of drug-likeness (QED) is 0.307. The molecule has 2 aliphatic rings. The van der Waals surface area contributed by atoms with Crippen molar-refractivity contribution in [2.75, 3.05) is 20.3 Å². The fourth-order valence-corrected chi connectivity index (χ4v) is 4.91. The van der Waals surface area contributed by atoms with Gasteiger partial charge in [0, 0.05) is 13.2 Å². The first-order valence-corrected chi connectivity index (χ1v) is 13.5. The first-order chi connectivity index (χ1) is 18.0. The third kappa shape index (κ3) is 8.36. The van der Waals surface area contributed by atoms with Crippen LogP contribution in [0.4, 0.5) is 0 Å². The summed E-state index contributed by atoms with van der Waals surface area (Å²) in [5, 5.41) is 12.0. The summed E-state index contributed by atoms with van der Waals surface area (Å²) < 4.78 is 15.5. The zero-order valence-electron chi connectivity index (χ0n) is 23.1. The molecule has 3 amide bonds. The molecule has 3 rings (SSSR count). The molecule has 1 aliphatic heterocycles. The van der Waals surface area contributed by atoms with Crippen LogP contribution in [0, 0.1) is 18.8 Å². The van der Waals surface area contributed by atoms with E-state index >= 15 is 0 Å². The van der Waals surface area contributed by atoms with Crippen molar-refractivity contribution in [1.29, 1.82) is 0 Å². The van der Waals surface area contributed by atoms with Gasteiger partial charge in [-0.05, 0) is 38.5 Å². The highest BCUT2D eigenvalue weighted by atomic mass is 16.6. The number of amides is 3. The summed E-state index contributed by atoms with van der Waals surface area (Å²) in [7, 11) is 1.42. The van der Waals surface area contributed by atoms with Gasteiger partial charge in [-0.2, -0.15) is 0 Å². The smallest absolute Gasteiger partial charge is 0.274 e. The third-order valence-corrected chi connectivity index (χ3v) is 7.18. The number of carbonyl (C=O) groups excluding carboxylic acids is 4. The maximum atomic E-state index is 13.6. The first-order valence-electron chi connectivity index (χ1n) is 13.5. The molecule has 2 heterocycles.